The van der Waals surface area contributed by atoms with Gasteiger partial charge in [-0.2, -0.15) is 0 Å². The molecule has 1 aromatic rings. The maximum absolute atomic E-state index is 12.3. The maximum atomic E-state index is 12.3. The first-order valence-electron chi connectivity index (χ1n) is 5.45. The van der Waals surface area contributed by atoms with E-state index in [4.69, 9.17) is 0 Å². The van der Waals surface area contributed by atoms with Crippen LogP contribution in [0.1, 0.15) is 25.8 Å². The van der Waals surface area contributed by atoms with E-state index in [-0.39, 0.29) is 6.42 Å². The highest BCUT2D eigenvalue weighted by Crippen LogP contribution is 2.38. The van der Waals surface area contributed by atoms with Crippen LogP contribution < -0.4 is 0 Å². The maximum Gasteiger partial charge on any atom is 0.181 e. The van der Waals surface area contributed by atoms with Crippen LogP contribution in [0.2, 0.25) is 0 Å². The predicted molar refractivity (Wildman–Crippen MR) is 69.7 cm³/mol. The van der Waals surface area contributed by atoms with E-state index in [1.54, 1.807) is 26.0 Å². The molecule has 0 radical (unpaired) electrons. The predicted octanol–water partition coefficient (Wildman–Crippen LogP) is 2.31. The normalized spacial score (nSPS) is 22.5. The van der Waals surface area contributed by atoms with Gasteiger partial charge in [0.1, 0.15) is 0 Å². The lowest BCUT2D eigenvalue weighted by Crippen LogP contribution is -2.30. The summed E-state index contributed by atoms with van der Waals surface area (Å²) in [5, 5.41) is 9.27. The Bertz CT molecular complexity index is 543. The SMILES string of the molecule is CC(C)(O)CC1Cc2c(Br)cccc2S1(=O)=O. The lowest BCUT2D eigenvalue weighted by atomic mass is 9.99. The highest BCUT2D eigenvalue weighted by atomic mass is 79.9. The second-order valence-corrected chi connectivity index (χ2v) is 8.16. The van der Waals surface area contributed by atoms with Crippen molar-refractivity contribution in [3.8, 4) is 0 Å². The Morgan fingerprint density at radius 2 is 2.12 bits per heavy atom. The van der Waals surface area contributed by atoms with Crippen LogP contribution in [-0.4, -0.2) is 24.4 Å². The van der Waals surface area contributed by atoms with Gasteiger partial charge in [-0.3, -0.25) is 0 Å². The van der Waals surface area contributed by atoms with E-state index in [0.29, 0.717) is 11.3 Å². The Kier molecular flexibility index (Phi) is 3.13. The zero-order chi connectivity index (χ0) is 12.8. The average molecular weight is 319 g/mol. The van der Waals surface area contributed by atoms with Crippen molar-refractivity contribution in [3.63, 3.8) is 0 Å². The van der Waals surface area contributed by atoms with Gasteiger partial charge in [-0.15, -0.1) is 0 Å². The zero-order valence-corrected chi connectivity index (χ0v) is 12.2. The van der Waals surface area contributed by atoms with Gasteiger partial charge in [0.05, 0.1) is 15.7 Å². The summed E-state index contributed by atoms with van der Waals surface area (Å²) in [4.78, 5) is 0.404. The second kappa shape index (κ2) is 4.07. The molecule has 0 saturated heterocycles. The monoisotopic (exact) mass is 318 g/mol. The van der Waals surface area contributed by atoms with Crippen LogP contribution in [0.15, 0.2) is 27.6 Å². The smallest absolute Gasteiger partial charge is 0.181 e. The first kappa shape index (κ1) is 13.1. The number of sulfone groups is 1. The number of aliphatic hydroxyl groups is 1. The van der Waals surface area contributed by atoms with Crippen molar-refractivity contribution < 1.29 is 13.5 Å². The van der Waals surface area contributed by atoms with Crippen molar-refractivity contribution in [1.29, 1.82) is 0 Å². The van der Waals surface area contributed by atoms with Crippen molar-refractivity contribution in [2.45, 2.75) is 42.4 Å². The van der Waals surface area contributed by atoms with Crippen LogP contribution in [0.3, 0.4) is 0 Å². The van der Waals surface area contributed by atoms with Gasteiger partial charge in [-0.05, 0) is 44.4 Å². The topological polar surface area (TPSA) is 54.4 Å². The summed E-state index contributed by atoms with van der Waals surface area (Å²) in [6.07, 6.45) is 0.736. The van der Waals surface area contributed by atoms with Gasteiger partial charge in [0.15, 0.2) is 9.84 Å². The van der Waals surface area contributed by atoms with Crippen LogP contribution >= 0.6 is 15.9 Å². The highest BCUT2D eigenvalue weighted by Gasteiger charge is 2.40. The standard InChI is InChI=1S/C12H15BrO3S/c1-12(2,14)7-8-6-9-10(13)4-3-5-11(9)17(8,15)16/h3-5,8,14H,6-7H2,1-2H3. The van der Waals surface area contributed by atoms with E-state index in [2.05, 4.69) is 15.9 Å². The second-order valence-electron chi connectivity index (χ2n) is 5.10. The first-order chi connectivity index (χ1) is 7.72. The van der Waals surface area contributed by atoms with E-state index < -0.39 is 20.7 Å². The van der Waals surface area contributed by atoms with E-state index in [1.807, 2.05) is 6.07 Å². The van der Waals surface area contributed by atoms with Gasteiger partial charge in [0.25, 0.3) is 0 Å². The molecule has 0 aliphatic carbocycles. The summed E-state index contributed by atoms with van der Waals surface area (Å²) in [6.45, 7) is 3.28. The fourth-order valence-electron chi connectivity index (χ4n) is 2.26. The molecule has 1 unspecified atom stereocenters. The molecule has 1 aromatic carbocycles. The summed E-state index contributed by atoms with van der Waals surface area (Å²) >= 11 is 3.38. The number of fused-ring (bicyclic) bond motifs is 1. The van der Waals surface area contributed by atoms with Gasteiger partial charge >= 0.3 is 0 Å². The third kappa shape index (κ3) is 2.41. The van der Waals surface area contributed by atoms with E-state index in [9.17, 15) is 13.5 Å². The number of benzene rings is 1. The van der Waals surface area contributed by atoms with Gasteiger partial charge in [-0.25, -0.2) is 8.42 Å². The minimum absolute atomic E-state index is 0.260. The quantitative estimate of drug-likeness (QED) is 0.910. The molecule has 0 fully saturated rings. The number of hydrogen-bond acceptors (Lipinski definition) is 3. The largest absolute Gasteiger partial charge is 0.390 e. The minimum atomic E-state index is -3.29. The fourth-order valence-corrected chi connectivity index (χ4v) is 5.10. The minimum Gasteiger partial charge on any atom is -0.390 e. The molecule has 1 N–H and O–H groups in total. The van der Waals surface area contributed by atoms with Crippen LogP contribution in [0.4, 0.5) is 0 Å². The molecule has 1 heterocycles. The van der Waals surface area contributed by atoms with Crippen LogP contribution in [0.25, 0.3) is 0 Å². The van der Waals surface area contributed by atoms with Crippen LogP contribution in [0, 0.1) is 0 Å². The lowest BCUT2D eigenvalue weighted by Gasteiger charge is -2.20. The molecule has 0 spiro atoms. The van der Waals surface area contributed by atoms with Crippen LogP contribution in [-0.2, 0) is 16.3 Å². The Balaban J connectivity index is 2.44. The van der Waals surface area contributed by atoms with Gasteiger partial charge in [-0.1, -0.05) is 22.0 Å². The molecule has 3 nitrogen and oxygen atoms in total. The molecule has 0 amide bonds. The molecule has 17 heavy (non-hydrogen) atoms. The molecule has 2 rings (SSSR count). The number of hydrogen-bond donors (Lipinski definition) is 1. The Morgan fingerprint density at radius 1 is 1.47 bits per heavy atom. The third-order valence-electron chi connectivity index (χ3n) is 2.98. The van der Waals surface area contributed by atoms with Crippen molar-refractivity contribution in [3.05, 3.63) is 28.2 Å². The Morgan fingerprint density at radius 3 is 2.65 bits per heavy atom. The van der Waals surface area contributed by atoms with Gasteiger partial charge in [0.2, 0.25) is 0 Å². The first-order valence-corrected chi connectivity index (χ1v) is 7.79. The molecule has 94 valence electrons. The lowest BCUT2D eigenvalue weighted by molar-refractivity contribution is 0.0701. The van der Waals surface area contributed by atoms with E-state index >= 15 is 0 Å². The molecule has 5 heteroatoms. The van der Waals surface area contributed by atoms with Crippen molar-refractivity contribution >= 4 is 25.8 Å². The van der Waals surface area contributed by atoms with Crippen molar-refractivity contribution in [2.75, 3.05) is 0 Å². The fraction of sp³-hybridized carbons (Fsp3) is 0.500. The zero-order valence-electron chi connectivity index (χ0n) is 9.77. The molecule has 1 aliphatic rings. The Labute approximate surface area is 110 Å². The average Bonchev–Trinajstić information content (AvgIpc) is 2.39. The van der Waals surface area contributed by atoms with Crippen molar-refractivity contribution in [2.24, 2.45) is 0 Å². The summed E-state index contributed by atoms with van der Waals surface area (Å²) in [6, 6.07) is 5.22. The molecule has 0 bridgehead atoms. The molecule has 1 aliphatic heterocycles. The number of rotatable bonds is 2. The molecule has 1 atom stereocenters. The van der Waals surface area contributed by atoms with Gasteiger partial charge in [0, 0.05) is 4.47 Å². The van der Waals surface area contributed by atoms with Gasteiger partial charge < -0.3 is 5.11 Å². The summed E-state index contributed by atoms with van der Waals surface area (Å²) in [7, 11) is -3.29. The number of halogens is 1. The summed E-state index contributed by atoms with van der Waals surface area (Å²) in [5.74, 6) is 0. The molecule has 0 saturated carbocycles. The van der Waals surface area contributed by atoms with Crippen LogP contribution in [0.5, 0.6) is 0 Å². The molecular weight excluding hydrogens is 304 g/mol. The third-order valence-corrected chi connectivity index (χ3v) is 5.93. The van der Waals surface area contributed by atoms with Crippen molar-refractivity contribution in [1.82, 2.24) is 0 Å². The Hall–Kier alpha value is -0.390. The summed E-state index contributed by atoms with van der Waals surface area (Å²) in [5.41, 5.74) is -0.131. The molecular formula is C12H15BrO3S. The van der Waals surface area contributed by atoms with E-state index in [1.165, 1.54) is 0 Å². The summed E-state index contributed by atoms with van der Waals surface area (Å²) < 4.78 is 25.4. The highest BCUT2D eigenvalue weighted by molar-refractivity contribution is 9.10. The van der Waals surface area contributed by atoms with E-state index in [0.717, 1.165) is 10.0 Å². The molecule has 0 aromatic heterocycles.